The van der Waals surface area contributed by atoms with Crippen LogP contribution in [0, 0.1) is 5.92 Å². The Bertz CT molecular complexity index is 331. The van der Waals surface area contributed by atoms with E-state index in [1.54, 1.807) is 18.9 Å². The van der Waals surface area contributed by atoms with Gasteiger partial charge >= 0.3 is 6.18 Å². The van der Waals surface area contributed by atoms with Gasteiger partial charge in [0.15, 0.2) is 0 Å². The molecule has 0 unspecified atom stereocenters. The molecule has 3 atom stereocenters. The lowest BCUT2D eigenvalue weighted by Gasteiger charge is -2.36. The Hall–Kier alpha value is -0.780. The number of amides is 1. The molecule has 1 aliphatic rings. The standard InChI is InChI=1S/C14H25F3N2O/c1-9(2)19(4)13(20)10(3)18-12-8-6-5-7-11(12)14(15,16)17/h9-12,18H,5-8H2,1-4H3/t10-,11-,12-/m0/s1. The number of halogens is 3. The van der Waals surface area contributed by atoms with Gasteiger partial charge in [-0.25, -0.2) is 0 Å². The van der Waals surface area contributed by atoms with Crippen molar-refractivity contribution < 1.29 is 18.0 Å². The fourth-order valence-electron chi connectivity index (χ4n) is 2.67. The van der Waals surface area contributed by atoms with Crippen molar-refractivity contribution in [2.75, 3.05) is 7.05 Å². The lowest BCUT2D eigenvalue weighted by atomic mass is 9.83. The van der Waals surface area contributed by atoms with E-state index in [2.05, 4.69) is 5.32 Å². The number of hydrogen-bond acceptors (Lipinski definition) is 2. The van der Waals surface area contributed by atoms with Crippen molar-refractivity contribution in [1.29, 1.82) is 0 Å². The molecule has 1 fully saturated rings. The van der Waals surface area contributed by atoms with Gasteiger partial charge in [-0.05, 0) is 33.6 Å². The van der Waals surface area contributed by atoms with E-state index in [9.17, 15) is 18.0 Å². The summed E-state index contributed by atoms with van der Waals surface area (Å²) in [5.74, 6) is -1.50. The summed E-state index contributed by atoms with van der Waals surface area (Å²) < 4.78 is 39.0. The number of likely N-dealkylation sites (N-methyl/N-ethyl adjacent to an activating group) is 1. The SMILES string of the molecule is CC(C)N(C)C(=O)[C@H](C)N[C@H]1CCCC[C@@H]1C(F)(F)F. The van der Waals surface area contributed by atoms with E-state index in [0.29, 0.717) is 12.8 Å². The Morgan fingerprint density at radius 2 is 1.75 bits per heavy atom. The average molecular weight is 294 g/mol. The first-order chi connectivity index (χ1) is 9.14. The van der Waals surface area contributed by atoms with Crippen LogP contribution in [0.5, 0.6) is 0 Å². The maximum Gasteiger partial charge on any atom is 0.393 e. The molecule has 0 aliphatic heterocycles. The summed E-state index contributed by atoms with van der Waals surface area (Å²) in [7, 11) is 1.67. The highest BCUT2D eigenvalue weighted by Gasteiger charge is 2.46. The molecule has 6 heteroatoms. The summed E-state index contributed by atoms with van der Waals surface area (Å²) in [5.41, 5.74) is 0. The molecule has 3 nitrogen and oxygen atoms in total. The quantitative estimate of drug-likeness (QED) is 0.864. The minimum atomic E-state index is -4.19. The van der Waals surface area contributed by atoms with Crippen LogP contribution in [-0.2, 0) is 4.79 Å². The molecule has 0 radical (unpaired) electrons. The monoisotopic (exact) mass is 294 g/mol. The first kappa shape index (κ1) is 17.3. The van der Waals surface area contributed by atoms with Crippen LogP contribution < -0.4 is 5.32 Å². The molecule has 1 rings (SSSR count). The first-order valence-corrected chi connectivity index (χ1v) is 7.24. The zero-order valence-electron chi connectivity index (χ0n) is 12.6. The molecule has 0 spiro atoms. The third-order valence-corrected chi connectivity index (χ3v) is 4.14. The number of carbonyl (C=O) groups is 1. The molecule has 0 heterocycles. The lowest BCUT2D eigenvalue weighted by molar-refractivity contribution is -0.189. The predicted octanol–water partition coefficient (Wildman–Crippen LogP) is 2.95. The normalized spacial score (nSPS) is 25.6. The zero-order chi connectivity index (χ0) is 15.5. The van der Waals surface area contributed by atoms with Crippen LogP contribution in [0.2, 0.25) is 0 Å². The van der Waals surface area contributed by atoms with Crippen LogP contribution in [0.4, 0.5) is 13.2 Å². The maximum atomic E-state index is 13.0. The number of hydrogen-bond donors (Lipinski definition) is 1. The Balaban J connectivity index is 2.67. The van der Waals surface area contributed by atoms with Crippen molar-refractivity contribution in [1.82, 2.24) is 10.2 Å². The Morgan fingerprint density at radius 1 is 1.20 bits per heavy atom. The molecule has 20 heavy (non-hydrogen) atoms. The molecule has 1 saturated carbocycles. The van der Waals surface area contributed by atoms with E-state index < -0.39 is 24.2 Å². The number of nitrogens with one attached hydrogen (secondary N) is 1. The van der Waals surface area contributed by atoms with E-state index in [4.69, 9.17) is 0 Å². The van der Waals surface area contributed by atoms with Crippen molar-refractivity contribution in [3.05, 3.63) is 0 Å². The van der Waals surface area contributed by atoms with Crippen LogP contribution >= 0.6 is 0 Å². The highest BCUT2D eigenvalue weighted by atomic mass is 19.4. The van der Waals surface area contributed by atoms with Gasteiger partial charge in [0.1, 0.15) is 0 Å². The summed E-state index contributed by atoms with van der Waals surface area (Å²) >= 11 is 0. The van der Waals surface area contributed by atoms with Crippen molar-refractivity contribution in [2.45, 2.75) is 70.8 Å². The van der Waals surface area contributed by atoms with Crippen molar-refractivity contribution >= 4 is 5.91 Å². The summed E-state index contributed by atoms with van der Waals surface area (Å²) in [4.78, 5) is 13.7. The van der Waals surface area contributed by atoms with Gasteiger partial charge in [0.2, 0.25) is 5.91 Å². The molecule has 118 valence electrons. The summed E-state index contributed by atoms with van der Waals surface area (Å²) in [6, 6.07) is -1.20. The lowest BCUT2D eigenvalue weighted by Crippen LogP contribution is -2.53. The zero-order valence-corrected chi connectivity index (χ0v) is 12.6. The number of rotatable bonds is 4. The van der Waals surface area contributed by atoms with Crippen LogP contribution in [0.25, 0.3) is 0 Å². The fourth-order valence-corrected chi connectivity index (χ4v) is 2.67. The smallest absolute Gasteiger partial charge is 0.342 e. The fraction of sp³-hybridized carbons (Fsp3) is 0.929. The Morgan fingerprint density at radius 3 is 2.25 bits per heavy atom. The van der Waals surface area contributed by atoms with Gasteiger partial charge in [-0.3, -0.25) is 4.79 Å². The van der Waals surface area contributed by atoms with Crippen molar-refractivity contribution in [3.63, 3.8) is 0 Å². The van der Waals surface area contributed by atoms with E-state index in [-0.39, 0.29) is 18.4 Å². The third kappa shape index (κ3) is 4.36. The van der Waals surface area contributed by atoms with Crippen molar-refractivity contribution in [3.8, 4) is 0 Å². The van der Waals surface area contributed by atoms with Gasteiger partial charge in [-0.2, -0.15) is 13.2 Å². The molecule has 0 aromatic carbocycles. The molecule has 1 aliphatic carbocycles. The van der Waals surface area contributed by atoms with E-state index in [1.807, 2.05) is 13.8 Å². The van der Waals surface area contributed by atoms with Crippen molar-refractivity contribution in [2.24, 2.45) is 5.92 Å². The highest BCUT2D eigenvalue weighted by Crippen LogP contribution is 2.37. The van der Waals surface area contributed by atoms with Gasteiger partial charge in [-0.15, -0.1) is 0 Å². The predicted molar refractivity (Wildman–Crippen MR) is 72.3 cm³/mol. The number of nitrogens with zero attached hydrogens (tertiary/aromatic N) is 1. The first-order valence-electron chi connectivity index (χ1n) is 7.24. The van der Waals surface area contributed by atoms with E-state index in [0.717, 1.165) is 6.42 Å². The average Bonchev–Trinajstić information content (AvgIpc) is 2.36. The molecule has 1 amide bonds. The molecule has 0 aromatic rings. The van der Waals surface area contributed by atoms with Gasteiger partial charge in [0.05, 0.1) is 12.0 Å². The third-order valence-electron chi connectivity index (χ3n) is 4.14. The van der Waals surface area contributed by atoms with Gasteiger partial charge in [-0.1, -0.05) is 12.8 Å². The summed E-state index contributed by atoms with van der Waals surface area (Å²) in [6.07, 6.45) is -2.16. The van der Waals surface area contributed by atoms with Crippen LogP contribution in [0.3, 0.4) is 0 Å². The van der Waals surface area contributed by atoms with Crippen LogP contribution in [0.1, 0.15) is 46.5 Å². The molecular formula is C14H25F3N2O. The second-order valence-electron chi connectivity index (χ2n) is 5.97. The molecule has 0 aromatic heterocycles. The molecule has 0 saturated heterocycles. The maximum absolute atomic E-state index is 13.0. The topological polar surface area (TPSA) is 32.3 Å². The molecule has 1 N–H and O–H groups in total. The number of alkyl halides is 3. The Labute approximate surface area is 118 Å². The van der Waals surface area contributed by atoms with Gasteiger partial charge in [0.25, 0.3) is 0 Å². The summed E-state index contributed by atoms with van der Waals surface area (Å²) in [5, 5.41) is 2.90. The number of carbonyl (C=O) groups excluding carboxylic acids is 1. The highest BCUT2D eigenvalue weighted by molar-refractivity contribution is 5.81. The molecular weight excluding hydrogens is 269 g/mol. The van der Waals surface area contributed by atoms with Crippen LogP contribution in [-0.4, -0.2) is 42.2 Å². The largest absolute Gasteiger partial charge is 0.393 e. The van der Waals surface area contributed by atoms with Gasteiger partial charge < -0.3 is 10.2 Å². The van der Waals surface area contributed by atoms with Gasteiger partial charge in [0, 0.05) is 19.1 Å². The Kier molecular flexibility index (Phi) is 5.86. The van der Waals surface area contributed by atoms with E-state index in [1.165, 1.54) is 0 Å². The summed E-state index contributed by atoms with van der Waals surface area (Å²) in [6.45, 7) is 5.40. The van der Waals surface area contributed by atoms with E-state index >= 15 is 0 Å². The minimum Gasteiger partial charge on any atom is -0.342 e. The second-order valence-corrected chi connectivity index (χ2v) is 5.97. The second kappa shape index (κ2) is 6.78. The molecule has 0 bridgehead atoms. The van der Waals surface area contributed by atoms with Crippen LogP contribution in [0.15, 0.2) is 0 Å². The minimum absolute atomic E-state index is 0.0384.